The summed E-state index contributed by atoms with van der Waals surface area (Å²) in [6, 6.07) is 0. The van der Waals surface area contributed by atoms with E-state index in [0.29, 0.717) is 19.3 Å². The van der Waals surface area contributed by atoms with Gasteiger partial charge in [0, 0.05) is 19.3 Å². The van der Waals surface area contributed by atoms with E-state index in [-0.39, 0.29) is 31.1 Å². The lowest BCUT2D eigenvalue weighted by Crippen LogP contribution is -2.30. The summed E-state index contributed by atoms with van der Waals surface area (Å²) in [7, 11) is 0. The molecule has 6 nitrogen and oxygen atoms in total. The van der Waals surface area contributed by atoms with Gasteiger partial charge >= 0.3 is 17.9 Å². The summed E-state index contributed by atoms with van der Waals surface area (Å²) in [6.45, 7) is 6.61. The summed E-state index contributed by atoms with van der Waals surface area (Å²) in [5, 5.41) is 0. The van der Waals surface area contributed by atoms with Gasteiger partial charge in [-0.15, -0.1) is 0 Å². The molecule has 0 fully saturated rings. The molecule has 480 valence electrons. The SMILES string of the molecule is CCCCCC/C=C\C/C=C\CCCCCCCC(=O)OCC(COC(=O)CCCCCCCCCCCCCCCCCCCC/C=C\C/C=C\C/C=C\CCCCCCC)OC(=O)CCCCCCC/C=C\C/C=C\CCCCCC. The van der Waals surface area contributed by atoms with E-state index < -0.39 is 6.10 Å². The molecule has 0 saturated carbocycles. The number of carbonyl (C=O) groups excluding carboxylic acids is 3. The summed E-state index contributed by atoms with van der Waals surface area (Å²) in [4.78, 5) is 38.4. The fourth-order valence-electron chi connectivity index (χ4n) is 10.4. The first-order chi connectivity index (χ1) is 41.0. The molecular weight excluding hydrogens is 1020 g/mol. The predicted octanol–water partition coefficient (Wildman–Crippen LogP) is 25.0. The van der Waals surface area contributed by atoms with Crippen LogP contribution in [0.3, 0.4) is 0 Å². The quantitative estimate of drug-likeness (QED) is 0.0261. The van der Waals surface area contributed by atoms with Gasteiger partial charge in [-0.2, -0.15) is 0 Å². The average molecular weight is 1160 g/mol. The molecular formula is C77H136O6. The van der Waals surface area contributed by atoms with Crippen LogP contribution in [0, 0.1) is 0 Å². The van der Waals surface area contributed by atoms with Crippen LogP contribution in [0.5, 0.6) is 0 Å². The molecule has 0 aromatic carbocycles. The largest absolute Gasteiger partial charge is 0.462 e. The van der Waals surface area contributed by atoms with Crippen molar-refractivity contribution < 1.29 is 28.6 Å². The highest BCUT2D eigenvalue weighted by Gasteiger charge is 2.19. The molecule has 0 N–H and O–H groups in total. The molecule has 0 aliphatic heterocycles. The first kappa shape index (κ1) is 79.6. The first-order valence-electron chi connectivity index (χ1n) is 36.1. The maximum Gasteiger partial charge on any atom is 0.306 e. The summed E-state index contributed by atoms with van der Waals surface area (Å²) in [5.74, 6) is -0.894. The van der Waals surface area contributed by atoms with E-state index in [2.05, 4.69) is 106 Å². The van der Waals surface area contributed by atoms with Crippen molar-refractivity contribution >= 4 is 17.9 Å². The van der Waals surface area contributed by atoms with E-state index in [1.54, 1.807) is 0 Å². The number of hydrogen-bond acceptors (Lipinski definition) is 6. The van der Waals surface area contributed by atoms with Gasteiger partial charge in [-0.3, -0.25) is 14.4 Å². The standard InChI is InChI=1S/C77H136O6/c1-4-7-10-13-16-19-22-25-28-31-32-33-34-35-36-37-38-39-40-41-42-43-44-45-46-47-50-52-55-58-61-64-67-70-76(79)82-73-74(83-77(80)71-68-65-62-59-56-53-49-30-27-24-21-18-15-12-9-6-3)72-81-75(78)69-66-63-60-57-54-51-48-29-26-23-20-17-14-11-8-5-2/h20-25,29-32,34-35,48-49,74H,4-19,26-28,33,36-47,50-73H2,1-3H3/b23-20-,24-21-,25-22-,32-31-,35-34-,48-29-,49-30-. The molecule has 0 radical (unpaired) electrons. The Kier molecular flexibility index (Phi) is 68.2. The lowest BCUT2D eigenvalue weighted by atomic mass is 10.0. The lowest BCUT2D eigenvalue weighted by molar-refractivity contribution is -0.167. The molecule has 0 saturated heterocycles. The number of allylic oxidation sites excluding steroid dienone is 14. The number of esters is 3. The van der Waals surface area contributed by atoms with Crippen molar-refractivity contribution in [1.29, 1.82) is 0 Å². The van der Waals surface area contributed by atoms with E-state index in [0.717, 1.165) is 116 Å². The van der Waals surface area contributed by atoms with Crippen molar-refractivity contribution in [2.45, 2.75) is 374 Å². The average Bonchev–Trinajstić information content (AvgIpc) is 3.49. The zero-order chi connectivity index (χ0) is 59.9. The van der Waals surface area contributed by atoms with Crippen LogP contribution in [0.15, 0.2) is 85.1 Å². The van der Waals surface area contributed by atoms with Crippen molar-refractivity contribution in [3.8, 4) is 0 Å². The fraction of sp³-hybridized carbons (Fsp3) is 0.779. The number of rotatable bonds is 66. The number of hydrogen-bond donors (Lipinski definition) is 0. The van der Waals surface area contributed by atoms with Crippen LogP contribution in [0.4, 0.5) is 0 Å². The monoisotopic (exact) mass is 1160 g/mol. The molecule has 0 aliphatic rings. The highest BCUT2D eigenvalue weighted by molar-refractivity contribution is 5.71. The van der Waals surface area contributed by atoms with Gasteiger partial charge in [0.05, 0.1) is 0 Å². The van der Waals surface area contributed by atoms with Gasteiger partial charge in [0.2, 0.25) is 0 Å². The Labute approximate surface area is 515 Å². The fourth-order valence-corrected chi connectivity index (χ4v) is 10.4. The molecule has 0 heterocycles. The molecule has 0 amide bonds. The predicted molar refractivity (Wildman–Crippen MR) is 362 cm³/mol. The Morgan fingerprint density at radius 2 is 0.434 bits per heavy atom. The lowest BCUT2D eigenvalue weighted by Gasteiger charge is -2.18. The van der Waals surface area contributed by atoms with Gasteiger partial charge < -0.3 is 14.2 Å². The summed E-state index contributed by atoms with van der Waals surface area (Å²) in [5.41, 5.74) is 0. The number of ether oxygens (including phenoxy) is 3. The van der Waals surface area contributed by atoms with Crippen molar-refractivity contribution in [3.63, 3.8) is 0 Å². The Balaban J connectivity index is 4.21. The number of carbonyl (C=O) groups is 3. The summed E-state index contributed by atoms with van der Waals surface area (Å²) < 4.78 is 17.0. The van der Waals surface area contributed by atoms with Crippen molar-refractivity contribution in [2.24, 2.45) is 0 Å². The van der Waals surface area contributed by atoms with Crippen LogP contribution in [-0.4, -0.2) is 37.2 Å². The highest BCUT2D eigenvalue weighted by atomic mass is 16.6. The Bertz CT molecular complexity index is 1570. The van der Waals surface area contributed by atoms with Gasteiger partial charge in [-0.1, -0.05) is 311 Å². The second kappa shape index (κ2) is 71.1. The van der Waals surface area contributed by atoms with Crippen molar-refractivity contribution in [1.82, 2.24) is 0 Å². The molecule has 1 unspecified atom stereocenters. The van der Waals surface area contributed by atoms with E-state index in [1.165, 1.54) is 212 Å². The van der Waals surface area contributed by atoms with Crippen LogP contribution in [0.1, 0.15) is 367 Å². The first-order valence-corrected chi connectivity index (χ1v) is 36.1. The highest BCUT2D eigenvalue weighted by Crippen LogP contribution is 2.17. The topological polar surface area (TPSA) is 78.9 Å². The molecule has 0 rings (SSSR count). The molecule has 1 atom stereocenters. The van der Waals surface area contributed by atoms with Gasteiger partial charge in [0.15, 0.2) is 6.10 Å². The molecule has 83 heavy (non-hydrogen) atoms. The molecule has 6 heteroatoms. The van der Waals surface area contributed by atoms with E-state index in [4.69, 9.17) is 14.2 Å². The zero-order valence-electron chi connectivity index (χ0n) is 55.2. The minimum absolute atomic E-state index is 0.0839. The van der Waals surface area contributed by atoms with E-state index in [1.807, 2.05) is 0 Å². The molecule has 0 spiro atoms. The van der Waals surface area contributed by atoms with Crippen LogP contribution >= 0.6 is 0 Å². The summed E-state index contributed by atoms with van der Waals surface area (Å²) in [6.07, 6.45) is 94.7. The van der Waals surface area contributed by atoms with Crippen molar-refractivity contribution in [3.05, 3.63) is 85.1 Å². The maximum atomic E-state index is 12.9. The molecule has 0 aromatic rings. The molecule has 0 aromatic heterocycles. The van der Waals surface area contributed by atoms with E-state index in [9.17, 15) is 14.4 Å². The van der Waals surface area contributed by atoms with E-state index >= 15 is 0 Å². The van der Waals surface area contributed by atoms with Crippen LogP contribution in [-0.2, 0) is 28.6 Å². The second-order valence-electron chi connectivity index (χ2n) is 24.1. The van der Waals surface area contributed by atoms with Gasteiger partial charge in [-0.05, 0) is 122 Å². The minimum Gasteiger partial charge on any atom is -0.462 e. The maximum absolute atomic E-state index is 12.9. The smallest absolute Gasteiger partial charge is 0.306 e. The van der Waals surface area contributed by atoms with Crippen LogP contribution < -0.4 is 0 Å². The third-order valence-corrected chi connectivity index (χ3v) is 15.8. The van der Waals surface area contributed by atoms with Crippen molar-refractivity contribution in [2.75, 3.05) is 13.2 Å². The normalized spacial score (nSPS) is 12.6. The van der Waals surface area contributed by atoms with Crippen LogP contribution in [0.2, 0.25) is 0 Å². The van der Waals surface area contributed by atoms with Crippen LogP contribution in [0.25, 0.3) is 0 Å². The zero-order valence-corrected chi connectivity index (χ0v) is 55.2. The van der Waals surface area contributed by atoms with Gasteiger partial charge in [-0.25, -0.2) is 0 Å². The summed E-state index contributed by atoms with van der Waals surface area (Å²) >= 11 is 0. The Morgan fingerprint density at radius 1 is 0.241 bits per heavy atom. The third-order valence-electron chi connectivity index (χ3n) is 15.8. The minimum atomic E-state index is -0.790. The molecule has 0 aliphatic carbocycles. The molecule has 0 bridgehead atoms. The second-order valence-corrected chi connectivity index (χ2v) is 24.1. The third kappa shape index (κ3) is 69.3. The Morgan fingerprint density at radius 3 is 0.687 bits per heavy atom. The van der Waals surface area contributed by atoms with Gasteiger partial charge in [0.25, 0.3) is 0 Å². The Hall–Kier alpha value is -3.41. The number of unbranched alkanes of at least 4 members (excludes halogenated alkanes) is 41. The van der Waals surface area contributed by atoms with Gasteiger partial charge in [0.1, 0.15) is 13.2 Å².